The van der Waals surface area contributed by atoms with Gasteiger partial charge in [0.05, 0.1) is 4.47 Å². The molecular weight excluding hydrogens is 368 g/mol. The number of nitrogens with zero attached hydrogens (tertiary/aromatic N) is 1. The van der Waals surface area contributed by atoms with Crippen LogP contribution in [0.4, 0.5) is 0 Å². The van der Waals surface area contributed by atoms with Gasteiger partial charge < -0.3 is 14.6 Å². The smallest absolute Gasteiger partial charge is 0.287 e. The number of para-hydroxylation sites is 1. The van der Waals surface area contributed by atoms with Crippen molar-refractivity contribution < 1.29 is 9.21 Å². The van der Waals surface area contributed by atoms with Crippen molar-refractivity contribution in [3.05, 3.63) is 34.5 Å². The fraction of sp³-hybridized carbons (Fsp3) is 0.438. The quantitative estimate of drug-likeness (QED) is 0.861. The molecule has 1 aromatic carbocycles. The minimum absolute atomic E-state index is 0. The number of amides is 1. The molecule has 0 aliphatic carbocycles. The zero-order chi connectivity index (χ0) is 14.4. The summed E-state index contributed by atoms with van der Waals surface area (Å²) in [6, 6.07) is 7.89. The Morgan fingerprint density at radius 2 is 2.09 bits per heavy atom. The Kier molecular flexibility index (Phi) is 4.48. The zero-order valence-corrected chi connectivity index (χ0v) is 14.5. The molecule has 1 N–H and O–H groups in total. The fourth-order valence-electron chi connectivity index (χ4n) is 3.51. The summed E-state index contributed by atoms with van der Waals surface area (Å²) >= 11 is 3.45. The lowest BCUT2D eigenvalue weighted by molar-refractivity contribution is 0.0607. The molecule has 2 aromatic rings. The number of benzene rings is 1. The number of furan rings is 1. The van der Waals surface area contributed by atoms with Crippen molar-refractivity contribution >= 4 is 45.2 Å². The van der Waals surface area contributed by atoms with Crippen molar-refractivity contribution in [2.24, 2.45) is 5.92 Å². The van der Waals surface area contributed by atoms with Gasteiger partial charge >= 0.3 is 0 Å². The maximum Gasteiger partial charge on any atom is 0.287 e. The molecule has 1 aromatic heterocycles. The third kappa shape index (κ3) is 2.77. The van der Waals surface area contributed by atoms with E-state index in [2.05, 4.69) is 26.1 Å². The Morgan fingerprint density at radius 1 is 1.32 bits per heavy atom. The Morgan fingerprint density at radius 3 is 2.73 bits per heavy atom. The van der Waals surface area contributed by atoms with E-state index in [1.807, 2.05) is 24.3 Å². The third-order valence-corrected chi connectivity index (χ3v) is 5.32. The Hall–Kier alpha value is -1.04. The lowest BCUT2D eigenvalue weighted by Gasteiger charge is -2.44. The molecular formula is C16H18BrClN2O2. The van der Waals surface area contributed by atoms with Crippen molar-refractivity contribution in [1.82, 2.24) is 10.2 Å². The molecule has 0 spiro atoms. The van der Waals surface area contributed by atoms with Crippen LogP contribution in [0.2, 0.25) is 0 Å². The summed E-state index contributed by atoms with van der Waals surface area (Å²) in [5, 5.41) is 4.10. The monoisotopic (exact) mass is 384 g/mol. The van der Waals surface area contributed by atoms with Gasteiger partial charge in [-0.25, -0.2) is 0 Å². The Bertz CT molecular complexity index is 695. The van der Waals surface area contributed by atoms with E-state index in [0.29, 0.717) is 11.7 Å². The minimum Gasteiger partial charge on any atom is -0.450 e. The van der Waals surface area contributed by atoms with Crippen molar-refractivity contribution in [1.29, 1.82) is 0 Å². The van der Waals surface area contributed by atoms with Gasteiger partial charge in [-0.1, -0.05) is 12.1 Å². The normalized spacial score (nSPS) is 26.7. The number of piperidine rings is 3. The van der Waals surface area contributed by atoms with E-state index in [9.17, 15) is 4.79 Å². The Labute approximate surface area is 143 Å². The number of halogens is 2. The van der Waals surface area contributed by atoms with E-state index in [1.54, 1.807) is 0 Å². The first-order chi connectivity index (χ1) is 10.2. The minimum atomic E-state index is -0.100. The summed E-state index contributed by atoms with van der Waals surface area (Å²) < 4.78 is 6.59. The Balaban J connectivity index is 0.00000144. The van der Waals surface area contributed by atoms with Crippen LogP contribution in [0.25, 0.3) is 11.0 Å². The van der Waals surface area contributed by atoms with Crippen molar-refractivity contribution in [2.75, 3.05) is 19.6 Å². The molecule has 3 saturated heterocycles. The maximum absolute atomic E-state index is 12.4. The SMILES string of the molecule is Cl.O=C(N[C@H]1CN2CCC1CC2)c1cc2cccc(Br)c2o1. The molecule has 22 heavy (non-hydrogen) atoms. The highest BCUT2D eigenvalue weighted by Crippen LogP contribution is 2.29. The summed E-state index contributed by atoms with van der Waals surface area (Å²) in [6.45, 7) is 3.32. The van der Waals surface area contributed by atoms with Gasteiger partial charge in [0.15, 0.2) is 5.76 Å². The molecule has 4 heterocycles. The second kappa shape index (κ2) is 6.22. The van der Waals surface area contributed by atoms with Crippen molar-refractivity contribution in [3.8, 4) is 0 Å². The molecule has 3 aliphatic heterocycles. The van der Waals surface area contributed by atoms with E-state index < -0.39 is 0 Å². The molecule has 4 nitrogen and oxygen atoms in total. The predicted octanol–water partition coefficient (Wildman–Crippen LogP) is 3.44. The predicted molar refractivity (Wildman–Crippen MR) is 91.6 cm³/mol. The molecule has 0 radical (unpaired) electrons. The second-order valence-corrected chi connectivity index (χ2v) is 6.84. The van der Waals surface area contributed by atoms with E-state index in [-0.39, 0.29) is 24.4 Å². The third-order valence-electron chi connectivity index (χ3n) is 4.69. The highest BCUT2D eigenvalue weighted by molar-refractivity contribution is 9.10. The van der Waals surface area contributed by atoms with E-state index >= 15 is 0 Å². The zero-order valence-electron chi connectivity index (χ0n) is 12.0. The molecule has 3 fully saturated rings. The van der Waals surface area contributed by atoms with Crippen LogP contribution in [-0.2, 0) is 0 Å². The van der Waals surface area contributed by atoms with Gasteiger partial charge in [0.1, 0.15) is 5.58 Å². The van der Waals surface area contributed by atoms with Gasteiger partial charge in [0.2, 0.25) is 0 Å². The molecule has 0 saturated carbocycles. The summed E-state index contributed by atoms with van der Waals surface area (Å²) in [7, 11) is 0. The van der Waals surface area contributed by atoms with Gasteiger partial charge in [0, 0.05) is 18.0 Å². The fourth-order valence-corrected chi connectivity index (χ4v) is 3.97. The maximum atomic E-state index is 12.4. The second-order valence-electron chi connectivity index (χ2n) is 5.99. The number of fused-ring (bicyclic) bond motifs is 4. The first kappa shape index (κ1) is 15.8. The summed E-state index contributed by atoms with van der Waals surface area (Å²) in [5.41, 5.74) is 0.733. The van der Waals surface area contributed by atoms with Gasteiger partial charge in [-0.05, 0) is 59.9 Å². The highest BCUT2D eigenvalue weighted by atomic mass is 79.9. The summed E-state index contributed by atoms with van der Waals surface area (Å²) in [5.74, 6) is 0.917. The molecule has 2 bridgehead atoms. The lowest BCUT2D eigenvalue weighted by atomic mass is 9.84. The van der Waals surface area contributed by atoms with E-state index in [4.69, 9.17) is 4.42 Å². The van der Waals surface area contributed by atoms with Gasteiger partial charge in [-0.2, -0.15) is 0 Å². The molecule has 5 rings (SSSR count). The average molecular weight is 386 g/mol. The first-order valence-electron chi connectivity index (χ1n) is 7.42. The molecule has 118 valence electrons. The number of hydrogen-bond donors (Lipinski definition) is 1. The molecule has 1 atom stereocenters. The average Bonchev–Trinajstić information content (AvgIpc) is 2.94. The molecule has 6 heteroatoms. The number of rotatable bonds is 2. The number of carbonyl (C=O) groups is 1. The number of nitrogens with one attached hydrogen (secondary N) is 1. The van der Waals surface area contributed by atoms with Crippen LogP contribution in [0.5, 0.6) is 0 Å². The first-order valence-corrected chi connectivity index (χ1v) is 8.21. The topological polar surface area (TPSA) is 45.5 Å². The molecule has 3 aliphatic rings. The lowest BCUT2D eigenvalue weighted by Crippen LogP contribution is -2.57. The van der Waals surface area contributed by atoms with E-state index in [1.165, 1.54) is 25.9 Å². The van der Waals surface area contributed by atoms with E-state index in [0.717, 1.165) is 22.0 Å². The van der Waals surface area contributed by atoms with Gasteiger partial charge in [0.25, 0.3) is 5.91 Å². The van der Waals surface area contributed by atoms with Gasteiger partial charge in [-0.15, -0.1) is 12.4 Å². The largest absolute Gasteiger partial charge is 0.450 e. The van der Waals surface area contributed by atoms with Crippen LogP contribution in [0, 0.1) is 5.92 Å². The van der Waals surface area contributed by atoms with Gasteiger partial charge in [-0.3, -0.25) is 4.79 Å². The summed E-state index contributed by atoms with van der Waals surface area (Å²) in [4.78, 5) is 14.9. The van der Waals surface area contributed by atoms with Crippen LogP contribution in [0.3, 0.4) is 0 Å². The van der Waals surface area contributed by atoms with Crippen LogP contribution >= 0.6 is 28.3 Å². The molecule has 1 amide bonds. The van der Waals surface area contributed by atoms with Crippen LogP contribution in [0.15, 0.2) is 33.2 Å². The van der Waals surface area contributed by atoms with Crippen LogP contribution in [-0.4, -0.2) is 36.5 Å². The van der Waals surface area contributed by atoms with Crippen molar-refractivity contribution in [3.63, 3.8) is 0 Å². The van der Waals surface area contributed by atoms with Crippen LogP contribution < -0.4 is 5.32 Å². The molecule has 0 unspecified atom stereocenters. The standard InChI is InChI=1S/C16H17BrN2O2.ClH/c17-12-3-1-2-11-8-14(21-15(11)12)16(20)18-13-9-19-6-4-10(13)5-7-19;/h1-3,8,10,13H,4-7,9H2,(H,18,20);1H/t13-;/m0./s1. The summed E-state index contributed by atoms with van der Waals surface area (Å²) in [6.07, 6.45) is 2.38. The van der Waals surface area contributed by atoms with Crippen LogP contribution in [0.1, 0.15) is 23.4 Å². The number of hydrogen-bond acceptors (Lipinski definition) is 3. The van der Waals surface area contributed by atoms with Crippen molar-refractivity contribution in [2.45, 2.75) is 18.9 Å². The number of carbonyl (C=O) groups excluding carboxylic acids is 1. The highest BCUT2D eigenvalue weighted by Gasteiger charge is 2.35.